The van der Waals surface area contributed by atoms with Crippen LogP contribution in [-0.2, 0) is 4.79 Å². The first-order valence-corrected chi connectivity index (χ1v) is 9.60. The molecule has 0 aliphatic heterocycles. The van der Waals surface area contributed by atoms with Gasteiger partial charge in [0, 0.05) is 5.56 Å². The van der Waals surface area contributed by atoms with Crippen molar-refractivity contribution in [1.82, 2.24) is 10.7 Å². The van der Waals surface area contributed by atoms with Crippen LogP contribution in [0.3, 0.4) is 0 Å². The Kier molecular flexibility index (Phi) is 8.50. The van der Waals surface area contributed by atoms with Gasteiger partial charge >= 0.3 is 0 Å². The second kappa shape index (κ2) is 11.1. The van der Waals surface area contributed by atoms with Crippen LogP contribution >= 0.6 is 15.9 Å². The molecule has 0 unspecified atom stereocenters. The van der Waals surface area contributed by atoms with Crippen molar-refractivity contribution in [1.29, 1.82) is 0 Å². The van der Waals surface area contributed by atoms with Gasteiger partial charge in [-0.15, -0.1) is 0 Å². The molecule has 2 aromatic carbocycles. The molecule has 2 aromatic rings. The number of hydrogen-bond donors (Lipinski definition) is 3. The number of phenolic OH excluding ortho intramolecular Hbond substituents is 1. The van der Waals surface area contributed by atoms with Crippen molar-refractivity contribution in [3.63, 3.8) is 0 Å². The van der Waals surface area contributed by atoms with E-state index in [0.29, 0.717) is 27.3 Å². The van der Waals surface area contributed by atoms with Crippen LogP contribution < -0.4 is 29.7 Å². The molecule has 166 valence electrons. The Morgan fingerprint density at radius 3 is 2.16 bits per heavy atom. The van der Waals surface area contributed by atoms with Crippen LogP contribution in [0.15, 0.2) is 33.8 Å². The summed E-state index contributed by atoms with van der Waals surface area (Å²) in [5.41, 5.74) is 3.10. The largest absolute Gasteiger partial charge is 0.503 e. The monoisotopic (exact) mass is 495 g/mol. The number of ether oxygens (including phenoxy) is 4. The molecule has 2 amide bonds. The molecule has 0 bridgehead atoms. The third-order valence-corrected chi connectivity index (χ3v) is 4.61. The summed E-state index contributed by atoms with van der Waals surface area (Å²) in [6.45, 7) is -0.310. The first-order chi connectivity index (χ1) is 14.8. The molecule has 0 saturated carbocycles. The minimum atomic E-state index is -0.540. The van der Waals surface area contributed by atoms with Crippen LogP contribution in [0.25, 0.3) is 0 Å². The van der Waals surface area contributed by atoms with E-state index in [1.165, 1.54) is 46.8 Å². The lowest BCUT2D eigenvalue weighted by Crippen LogP contribution is -2.34. The number of methoxy groups -OCH3 is 4. The first-order valence-electron chi connectivity index (χ1n) is 8.81. The summed E-state index contributed by atoms with van der Waals surface area (Å²) in [5.74, 6) is 0.143. The van der Waals surface area contributed by atoms with Crippen LogP contribution in [0.2, 0.25) is 0 Å². The van der Waals surface area contributed by atoms with E-state index in [-0.39, 0.29) is 23.6 Å². The van der Waals surface area contributed by atoms with Crippen molar-refractivity contribution in [3.8, 4) is 28.7 Å². The molecular formula is C20H22BrN3O7. The van der Waals surface area contributed by atoms with Gasteiger partial charge in [-0.05, 0) is 45.8 Å². The molecule has 3 N–H and O–H groups in total. The van der Waals surface area contributed by atoms with Gasteiger partial charge in [-0.25, -0.2) is 5.43 Å². The standard InChI is InChI=1S/C20H22BrN3O7/c1-28-14-6-11(5-13(21)18(14)26)9-23-24-17(25)10-22-20(27)12-7-15(29-2)19(31-4)16(8-12)30-3/h5-9,26H,10H2,1-4H3,(H,22,27)(H,24,25)/b23-9-. The maximum atomic E-state index is 12.4. The van der Waals surface area contributed by atoms with Crippen LogP contribution in [-0.4, -0.2) is 58.1 Å². The number of benzene rings is 2. The fourth-order valence-corrected chi connectivity index (χ4v) is 2.98. The van der Waals surface area contributed by atoms with E-state index in [0.717, 1.165) is 0 Å². The molecule has 0 saturated heterocycles. The van der Waals surface area contributed by atoms with E-state index in [9.17, 15) is 14.7 Å². The number of nitrogens with one attached hydrogen (secondary N) is 2. The summed E-state index contributed by atoms with van der Waals surface area (Å²) in [4.78, 5) is 24.4. The van der Waals surface area contributed by atoms with Gasteiger partial charge in [0.1, 0.15) is 0 Å². The Morgan fingerprint density at radius 1 is 1.00 bits per heavy atom. The SMILES string of the molecule is COc1cc(/C=N\NC(=O)CNC(=O)c2cc(OC)c(OC)c(OC)c2)cc(Br)c1O. The minimum absolute atomic E-state index is 0.0433. The number of carbonyl (C=O) groups excluding carboxylic acids is 2. The number of hydrazone groups is 1. The summed E-state index contributed by atoms with van der Waals surface area (Å²) in [7, 11) is 5.75. The smallest absolute Gasteiger partial charge is 0.259 e. The number of nitrogens with zero attached hydrogens (tertiary/aromatic N) is 1. The Hall–Kier alpha value is -3.47. The van der Waals surface area contributed by atoms with E-state index >= 15 is 0 Å². The molecule has 2 rings (SSSR count). The molecule has 0 spiro atoms. The molecule has 31 heavy (non-hydrogen) atoms. The fraction of sp³-hybridized carbons (Fsp3) is 0.250. The highest BCUT2D eigenvalue weighted by molar-refractivity contribution is 9.10. The van der Waals surface area contributed by atoms with Gasteiger partial charge < -0.3 is 29.4 Å². The second-order valence-corrected chi connectivity index (χ2v) is 6.80. The third-order valence-electron chi connectivity index (χ3n) is 4.01. The quantitative estimate of drug-likeness (QED) is 0.358. The van der Waals surface area contributed by atoms with Gasteiger partial charge in [-0.3, -0.25) is 9.59 Å². The lowest BCUT2D eigenvalue weighted by molar-refractivity contribution is -0.120. The van der Waals surface area contributed by atoms with Gasteiger partial charge in [0.25, 0.3) is 11.8 Å². The van der Waals surface area contributed by atoms with Gasteiger partial charge in [0.2, 0.25) is 5.75 Å². The Balaban J connectivity index is 1.98. The maximum Gasteiger partial charge on any atom is 0.259 e. The highest BCUT2D eigenvalue weighted by atomic mass is 79.9. The van der Waals surface area contributed by atoms with Crippen molar-refractivity contribution in [2.24, 2.45) is 5.10 Å². The van der Waals surface area contributed by atoms with E-state index in [1.807, 2.05) is 0 Å². The molecule has 0 aromatic heterocycles. The Labute approximate surface area is 187 Å². The number of hydrogen-bond acceptors (Lipinski definition) is 8. The van der Waals surface area contributed by atoms with E-state index in [2.05, 4.69) is 31.8 Å². The molecule has 0 heterocycles. The average Bonchev–Trinajstić information content (AvgIpc) is 2.78. The fourth-order valence-electron chi connectivity index (χ4n) is 2.52. The molecule has 10 nitrogen and oxygen atoms in total. The zero-order valence-electron chi connectivity index (χ0n) is 17.3. The third kappa shape index (κ3) is 6.01. The Morgan fingerprint density at radius 2 is 1.61 bits per heavy atom. The van der Waals surface area contributed by atoms with Gasteiger partial charge in [-0.1, -0.05) is 0 Å². The van der Waals surface area contributed by atoms with E-state index < -0.39 is 11.8 Å². The van der Waals surface area contributed by atoms with Crippen molar-refractivity contribution in [3.05, 3.63) is 39.9 Å². The summed E-state index contributed by atoms with van der Waals surface area (Å²) in [6, 6.07) is 6.09. The molecule has 0 fully saturated rings. The predicted octanol–water partition coefficient (Wildman–Crippen LogP) is 2.07. The summed E-state index contributed by atoms with van der Waals surface area (Å²) >= 11 is 3.20. The lowest BCUT2D eigenvalue weighted by Gasteiger charge is -2.14. The zero-order chi connectivity index (χ0) is 23.0. The number of rotatable bonds is 9. The Bertz CT molecular complexity index is 970. The molecular weight excluding hydrogens is 474 g/mol. The molecule has 11 heteroatoms. The highest BCUT2D eigenvalue weighted by Gasteiger charge is 2.17. The number of amides is 2. The van der Waals surface area contributed by atoms with Crippen LogP contribution in [0.5, 0.6) is 28.7 Å². The topological polar surface area (TPSA) is 128 Å². The van der Waals surface area contributed by atoms with Crippen molar-refractivity contribution in [2.75, 3.05) is 35.0 Å². The predicted molar refractivity (Wildman–Crippen MR) is 117 cm³/mol. The number of carbonyl (C=O) groups is 2. The van der Waals surface area contributed by atoms with Crippen molar-refractivity contribution in [2.45, 2.75) is 0 Å². The zero-order valence-corrected chi connectivity index (χ0v) is 18.9. The molecule has 0 aliphatic rings. The van der Waals surface area contributed by atoms with Gasteiger partial charge in [-0.2, -0.15) is 5.10 Å². The molecule has 0 atom stereocenters. The normalized spacial score (nSPS) is 10.5. The number of aromatic hydroxyl groups is 1. The van der Waals surface area contributed by atoms with E-state index in [4.69, 9.17) is 18.9 Å². The van der Waals surface area contributed by atoms with Gasteiger partial charge in [0.05, 0.1) is 45.7 Å². The van der Waals surface area contributed by atoms with Crippen LogP contribution in [0, 0.1) is 0 Å². The molecule has 0 radical (unpaired) electrons. The van der Waals surface area contributed by atoms with Crippen LogP contribution in [0.4, 0.5) is 0 Å². The number of halogens is 1. The highest BCUT2D eigenvalue weighted by Crippen LogP contribution is 2.38. The second-order valence-electron chi connectivity index (χ2n) is 5.94. The van der Waals surface area contributed by atoms with E-state index in [1.54, 1.807) is 12.1 Å². The van der Waals surface area contributed by atoms with Crippen molar-refractivity contribution >= 4 is 34.0 Å². The maximum absolute atomic E-state index is 12.4. The minimum Gasteiger partial charge on any atom is -0.503 e. The first kappa shape index (κ1) is 23.8. The van der Waals surface area contributed by atoms with Crippen LogP contribution in [0.1, 0.15) is 15.9 Å². The lowest BCUT2D eigenvalue weighted by atomic mass is 10.1. The molecule has 0 aliphatic carbocycles. The number of phenols is 1. The van der Waals surface area contributed by atoms with Crippen molar-refractivity contribution < 1.29 is 33.6 Å². The summed E-state index contributed by atoms with van der Waals surface area (Å²) in [5, 5.41) is 16.1. The average molecular weight is 496 g/mol. The van der Waals surface area contributed by atoms with Gasteiger partial charge in [0.15, 0.2) is 23.0 Å². The summed E-state index contributed by atoms with van der Waals surface area (Å²) in [6.07, 6.45) is 1.37. The summed E-state index contributed by atoms with van der Waals surface area (Å²) < 4.78 is 21.1.